The zero-order valence-corrected chi connectivity index (χ0v) is 16.4. The van der Waals surface area contributed by atoms with Gasteiger partial charge in [-0.05, 0) is 25.8 Å². The summed E-state index contributed by atoms with van der Waals surface area (Å²) in [6.45, 7) is 4.79. The van der Waals surface area contributed by atoms with E-state index in [-0.39, 0.29) is 11.3 Å². The van der Waals surface area contributed by atoms with Gasteiger partial charge in [0.1, 0.15) is 5.76 Å². The van der Waals surface area contributed by atoms with E-state index in [4.69, 9.17) is 4.74 Å². The van der Waals surface area contributed by atoms with E-state index in [1.165, 1.54) is 4.90 Å². The maximum atomic E-state index is 12.8. The Hall–Kier alpha value is -2.92. The van der Waals surface area contributed by atoms with E-state index in [1.54, 1.807) is 19.2 Å². The lowest BCUT2D eigenvalue weighted by Crippen LogP contribution is -2.31. The summed E-state index contributed by atoms with van der Waals surface area (Å²) < 4.78 is 5.09. The summed E-state index contributed by atoms with van der Waals surface area (Å²) in [6, 6.07) is 14.3. The van der Waals surface area contributed by atoms with Crippen LogP contribution in [0.25, 0.3) is 5.76 Å². The molecule has 0 aliphatic carbocycles. The second-order valence-corrected chi connectivity index (χ2v) is 7.12. The van der Waals surface area contributed by atoms with Crippen molar-refractivity contribution in [1.82, 2.24) is 4.90 Å². The third-order valence-electron chi connectivity index (χ3n) is 5.01. The van der Waals surface area contributed by atoms with Gasteiger partial charge < -0.3 is 14.7 Å². The van der Waals surface area contributed by atoms with Crippen molar-refractivity contribution in [2.24, 2.45) is 0 Å². The van der Waals surface area contributed by atoms with Gasteiger partial charge in [-0.15, -0.1) is 0 Å². The molecule has 0 unspecified atom stereocenters. The first-order chi connectivity index (χ1) is 13.4. The number of nitrogens with zero attached hydrogens (tertiary/aromatic N) is 1. The molecule has 1 aliphatic rings. The number of carbonyl (C=O) groups excluding carboxylic acids is 2. The van der Waals surface area contributed by atoms with Gasteiger partial charge in [0.05, 0.1) is 11.6 Å². The maximum Gasteiger partial charge on any atom is 0.295 e. The van der Waals surface area contributed by atoms with Gasteiger partial charge in [0.15, 0.2) is 0 Å². The third kappa shape index (κ3) is 3.85. The molecule has 1 saturated heterocycles. The van der Waals surface area contributed by atoms with Crippen molar-refractivity contribution in [1.29, 1.82) is 0 Å². The molecule has 1 fully saturated rings. The fraction of sp³-hybridized carbons (Fsp3) is 0.304. The number of hydrogen-bond donors (Lipinski definition) is 1. The molecule has 0 saturated carbocycles. The van der Waals surface area contributed by atoms with Crippen molar-refractivity contribution in [3.05, 3.63) is 76.4 Å². The molecule has 2 aromatic rings. The van der Waals surface area contributed by atoms with Crippen LogP contribution in [0, 0.1) is 13.8 Å². The van der Waals surface area contributed by atoms with Crippen molar-refractivity contribution in [3.8, 4) is 0 Å². The number of benzene rings is 2. The SMILES string of the molecule is COCCCN1C(=O)C(=O)/C(=C(/O)c2ccc(C)cc2)[C@@H]1c1ccc(C)cc1. The van der Waals surface area contributed by atoms with E-state index in [2.05, 4.69) is 0 Å². The number of ether oxygens (including phenoxy) is 1. The van der Waals surface area contributed by atoms with Crippen LogP contribution in [0.2, 0.25) is 0 Å². The van der Waals surface area contributed by atoms with Crippen molar-refractivity contribution >= 4 is 17.4 Å². The Morgan fingerprint density at radius 2 is 1.57 bits per heavy atom. The van der Waals surface area contributed by atoms with Gasteiger partial charge in [-0.3, -0.25) is 9.59 Å². The van der Waals surface area contributed by atoms with E-state index in [1.807, 2.05) is 50.2 Å². The Balaban J connectivity index is 2.10. The van der Waals surface area contributed by atoms with Gasteiger partial charge in [0.2, 0.25) is 0 Å². The van der Waals surface area contributed by atoms with Crippen LogP contribution >= 0.6 is 0 Å². The van der Waals surface area contributed by atoms with Crippen molar-refractivity contribution < 1.29 is 19.4 Å². The zero-order valence-electron chi connectivity index (χ0n) is 16.4. The molecule has 1 heterocycles. The Kier molecular flexibility index (Phi) is 5.95. The first kappa shape index (κ1) is 19.8. The highest BCUT2D eigenvalue weighted by atomic mass is 16.5. The number of amides is 1. The standard InChI is InChI=1S/C23H25NO4/c1-15-5-9-17(10-6-15)20-19(21(25)18-11-7-16(2)8-12-18)22(26)23(27)24(20)13-4-14-28-3/h5-12,20,25H,4,13-14H2,1-3H3/b21-19+/t20-/m0/s1. The molecule has 0 spiro atoms. The van der Waals surface area contributed by atoms with Gasteiger partial charge in [0.25, 0.3) is 11.7 Å². The molecular weight excluding hydrogens is 354 g/mol. The summed E-state index contributed by atoms with van der Waals surface area (Å²) in [5.74, 6) is -1.38. The molecule has 0 aromatic heterocycles. The van der Waals surface area contributed by atoms with Crippen molar-refractivity contribution in [3.63, 3.8) is 0 Å². The zero-order chi connectivity index (χ0) is 20.3. The lowest BCUT2D eigenvalue weighted by atomic mass is 9.94. The predicted octanol–water partition coefficient (Wildman–Crippen LogP) is 3.76. The average molecular weight is 379 g/mol. The first-order valence-electron chi connectivity index (χ1n) is 9.35. The number of likely N-dealkylation sites (tertiary alicyclic amines) is 1. The number of ketones is 1. The number of aliphatic hydroxyl groups excluding tert-OH is 1. The normalized spacial score (nSPS) is 18.7. The third-order valence-corrected chi connectivity index (χ3v) is 5.01. The van der Waals surface area contributed by atoms with Gasteiger partial charge >= 0.3 is 0 Å². The molecule has 1 amide bonds. The maximum absolute atomic E-state index is 12.8. The first-order valence-corrected chi connectivity index (χ1v) is 9.35. The van der Waals surface area contributed by atoms with Gasteiger partial charge in [-0.1, -0.05) is 59.7 Å². The summed E-state index contributed by atoms with van der Waals surface area (Å²) in [5, 5.41) is 10.9. The van der Waals surface area contributed by atoms with E-state index < -0.39 is 17.7 Å². The molecule has 1 aliphatic heterocycles. The number of carbonyl (C=O) groups is 2. The fourth-order valence-electron chi connectivity index (χ4n) is 3.45. The quantitative estimate of drug-likeness (QED) is 0.359. The van der Waals surface area contributed by atoms with Gasteiger partial charge in [0, 0.05) is 25.8 Å². The highest BCUT2D eigenvalue weighted by Gasteiger charge is 2.45. The molecule has 3 rings (SSSR count). The number of Topliss-reactive ketones (excluding diaryl/α,β-unsaturated/α-hetero) is 1. The van der Waals surface area contributed by atoms with Crippen LogP contribution in [0.3, 0.4) is 0 Å². The summed E-state index contributed by atoms with van der Waals surface area (Å²) in [5.41, 5.74) is 3.59. The Morgan fingerprint density at radius 1 is 1.00 bits per heavy atom. The average Bonchev–Trinajstić information content (AvgIpc) is 2.94. The lowest BCUT2D eigenvalue weighted by Gasteiger charge is -2.25. The smallest absolute Gasteiger partial charge is 0.295 e. The topological polar surface area (TPSA) is 66.8 Å². The second kappa shape index (κ2) is 8.40. The summed E-state index contributed by atoms with van der Waals surface area (Å²) in [7, 11) is 1.60. The Bertz CT molecular complexity index is 897. The number of aliphatic hydroxyl groups is 1. The van der Waals surface area contributed by atoms with E-state index >= 15 is 0 Å². The number of methoxy groups -OCH3 is 1. The van der Waals surface area contributed by atoms with Crippen LogP contribution in [-0.4, -0.2) is 42.0 Å². The summed E-state index contributed by atoms with van der Waals surface area (Å²) >= 11 is 0. The minimum Gasteiger partial charge on any atom is -0.507 e. The molecule has 5 heteroatoms. The molecule has 1 N–H and O–H groups in total. The molecule has 146 valence electrons. The highest BCUT2D eigenvalue weighted by Crippen LogP contribution is 2.39. The fourth-order valence-corrected chi connectivity index (χ4v) is 3.45. The Labute approximate surface area is 165 Å². The number of aryl methyl sites for hydroxylation is 2. The van der Waals surface area contributed by atoms with Crippen LogP contribution in [0.1, 0.15) is 34.7 Å². The van der Waals surface area contributed by atoms with Crippen molar-refractivity contribution in [2.45, 2.75) is 26.3 Å². The highest BCUT2D eigenvalue weighted by molar-refractivity contribution is 6.46. The largest absolute Gasteiger partial charge is 0.507 e. The van der Waals surface area contributed by atoms with Crippen LogP contribution in [0.4, 0.5) is 0 Å². The molecular formula is C23H25NO4. The molecule has 2 aromatic carbocycles. The van der Waals surface area contributed by atoms with Crippen LogP contribution in [0.5, 0.6) is 0 Å². The van der Waals surface area contributed by atoms with Crippen LogP contribution in [0.15, 0.2) is 54.1 Å². The number of hydrogen-bond acceptors (Lipinski definition) is 4. The van der Waals surface area contributed by atoms with Crippen molar-refractivity contribution in [2.75, 3.05) is 20.3 Å². The predicted molar refractivity (Wildman–Crippen MR) is 108 cm³/mol. The Morgan fingerprint density at radius 3 is 2.14 bits per heavy atom. The van der Waals surface area contributed by atoms with E-state index in [9.17, 15) is 14.7 Å². The minimum absolute atomic E-state index is 0.134. The van der Waals surface area contributed by atoms with Crippen LogP contribution in [-0.2, 0) is 14.3 Å². The minimum atomic E-state index is -0.652. The number of rotatable bonds is 6. The second-order valence-electron chi connectivity index (χ2n) is 7.12. The van der Waals surface area contributed by atoms with E-state index in [0.29, 0.717) is 25.1 Å². The molecule has 28 heavy (non-hydrogen) atoms. The molecule has 0 radical (unpaired) electrons. The van der Waals surface area contributed by atoms with E-state index in [0.717, 1.165) is 16.7 Å². The summed E-state index contributed by atoms with van der Waals surface area (Å²) in [6.07, 6.45) is 0.608. The molecule has 1 atom stereocenters. The monoisotopic (exact) mass is 379 g/mol. The molecule has 5 nitrogen and oxygen atoms in total. The summed E-state index contributed by atoms with van der Waals surface area (Å²) in [4.78, 5) is 27.1. The van der Waals surface area contributed by atoms with Crippen LogP contribution < -0.4 is 0 Å². The van der Waals surface area contributed by atoms with Gasteiger partial charge in [-0.2, -0.15) is 0 Å². The van der Waals surface area contributed by atoms with Gasteiger partial charge in [-0.25, -0.2) is 0 Å². The molecule has 0 bridgehead atoms. The lowest BCUT2D eigenvalue weighted by molar-refractivity contribution is -0.140.